The molecule has 1 heterocycles. The summed E-state index contributed by atoms with van der Waals surface area (Å²) in [6.45, 7) is 2.55. The summed E-state index contributed by atoms with van der Waals surface area (Å²) in [7, 11) is 2.05. The monoisotopic (exact) mass is 264 g/mol. The zero-order valence-electron chi connectivity index (χ0n) is 11.4. The van der Waals surface area contributed by atoms with E-state index in [2.05, 4.69) is 17.3 Å². The normalized spacial score (nSPS) is 20.2. The van der Waals surface area contributed by atoms with Crippen molar-refractivity contribution in [1.29, 1.82) is 0 Å². The fraction of sp³-hybridized carbons (Fsp3) is 0.533. The van der Waals surface area contributed by atoms with Gasteiger partial charge >= 0.3 is 0 Å². The van der Waals surface area contributed by atoms with Gasteiger partial charge in [-0.15, -0.1) is 0 Å². The molecule has 1 saturated heterocycles. The van der Waals surface area contributed by atoms with Gasteiger partial charge in [0.05, 0.1) is 5.92 Å². The van der Waals surface area contributed by atoms with Crippen LogP contribution in [0.15, 0.2) is 24.3 Å². The lowest BCUT2D eigenvalue weighted by Gasteiger charge is -2.28. The number of nitrogens with one attached hydrogen (secondary N) is 1. The lowest BCUT2D eigenvalue weighted by atomic mass is 9.97. The van der Waals surface area contributed by atoms with Crippen molar-refractivity contribution in [3.8, 4) is 0 Å². The number of halogens is 1. The zero-order chi connectivity index (χ0) is 13.7. The van der Waals surface area contributed by atoms with Crippen LogP contribution in [0.2, 0.25) is 0 Å². The fourth-order valence-electron chi connectivity index (χ4n) is 2.51. The van der Waals surface area contributed by atoms with Gasteiger partial charge in [0, 0.05) is 13.1 Å². The molecule has 1 N–H and O–H groups in total. The molecule has 1 aliphatic heterocycles. The van der Waals surface area contributed by atoms with Gasteiger partial charge in [-0.3, -0.25) is 4.79 Å². The van der Waals surface area contributed by atoms with E-state index in [4.69, 9.17) is 0 Å². The molecule has 0 aromatic heterocycles. The Bertz CT molecular complexity index is 419. The van der Waals surface area contributed by atoms with Gasteiger partial charge in [-0.1, -0.05) is 12.1 Å². The predicted molar refractivity (Wildman–Crippen MR) is 73.3 cm³/mol. The van der Waals surface area contributed by atoms with Crippen molar-refractivity contribution in [1.82, 2.24) is 10.2 Å². The molecule has 0 radical (unpaired) electrons. The Balaban J connectivity index is 1.73. The zero-order valence-corrected chi connectivity index (χ0v) is 11.4. The third-order valence-corrected chi connectivity index (χ3v) is 3.62. The molecule has 1 atom stereocenters. The van der Waals surface area contributed by atoms with Crippen LogP contribution >= 0.6 is 0 Å². The first kappa shape index (κ1) is 14.0. The van der Waals surface area contributed by atoms with Crippen molar-refractivity contribution in [2.75, 3.05) is 26.7 Å². The van der Waals surface area contributed by atoms with Crippen LogP contribution in [0.4, 0.5) is 4.39 Å². The topological polar surface area (TPSA) is 32.3 Å². The summed E-state index contributed by atoms with van der Waals surface area (Å²) in [5, 5.41) is 2.98. The highest BCUT2D eigenvalue weighted by molar-refractivity contribution is 5.78. The molecule has 0 aliphatic carbocycles. The molecule has 0 spiro atoms. The van der Waals surface area contributed by atoms with Crippen molar-refractivity contribution in [3.05, 3.63) is 35.6 Å². The molecule has 1 aromatic rings. The second kappa shape index (κ2) is 6.66. The molecular formula is C15H21FN2O. The molecule has 19 heavy (non-hydrogen) atoms. The molecule has 104 valence electrons. The first-order chi connectivity index (χ1) is 9.15. The van der Waals surface area contributed by atoms with Crippen LogP contribution in [0, 0.1) is 11.7 Å². The minimum absolute atomic E-state index is 0.118. The summed E-state index contributed by atoms with van der Waals surface area (Å²) in [5.74, 6) is 0.0404. The van der Waals surface area contributed by atoms with E-state index in [0.717, 1.165) is 37.9 Å². The fourth-order valence-corrected chi connectivity index (χ4v) is 2.51. The highest BCUT2D eigenvalue weighted by Crippen LogP contribution is 2.14. The van der Waals surface area contributed by atoms with E-state index in [0.29, 0.717) is 6.54 Å². The van der Waals surface area contributed by atoms with Gasteiger partial charge in [-0.25, -0.2) is 4.39 Å². The highest BCUT2D eigenvalue weighted by Gasteiger charge is 2.23. The number of hydrogen-bond donors (Lipinski definition) is 1. The molecular weight excluding hydrogens is 243 g/mol. The van der Waals surface area contributed by atoms with Crippen LogP contribution in [-0.4, -0.2) is 37.5 Å². The van der Waals surface area contributed by atoms with Crippen LogP contribution in [0.5, 0.6) is 0 Å². The molecule has 1 unspecified atom stereocenters. The van der Waals surface area contributed by atoms with Gasteiger partial charge in [0.25, 0.3) is 0 Å². The Morgan fingerprint density at radius 2 is 2.16 bits per heavy atom. The largest absolute Gasteiger partial charge is 0.355 e. The number of benzene rings is 1. The number of hydrogen-bond acceptors (Lipinski definition) is 2. The van der Waals surface area contributed by atoms with Gasteiger partial charge in [0.1, 0.15) is 5.82 Å². The molecule has 4 heteroatoms. The Labute approximate surface area is 113 Å². The van der Waals surface area contributed by atoms with Crippen LogP contribution in [0.3, 0.4) is 0 Å². The molecule has 1 aliphatic rings. The lowest BCUT2D eigenvalue weighted by molar-refractivity contribution is -0.126. The summed E-state index contributed by atoms with van der Waals surface area (Å²) in [5.41, 5.74) is 1.04. The summed E-state index contributed by atoms with van der Waals surface area (Å²) in [6, 6.07) is 6.42. The SMILES string of the molecule is CN1CCCC(C(=O)NCCc2ccc(F)cc2)C1. The van der Waals surface area contributed by atoms with Crippen LogP contribution < -0.4 is 5.32 Å². The summed E-state index contributed by atoms with van der Waals surface area (Å²) >= 11 is 0. The van der Waals surface area contributed by atoms with E-state index in [1.165, 1.54) is 12.1 Å². The quantitative estimate of drug-likeness (QED) is 0.900. The molecule has 1 amide bonds. The van der Waals surface area contributed by atoms with Gasteiger partial charge in [-0.2, -0.15) is 0 Å². The van der Waals surface area contributed by atoms with E-state index < -0.39 is 0 Å². The number of likely N-dealkylation sites (tertiary alicyclic amines) is 1. The lowest BCUT2D eigenvalue weighted by Crippen LogP contribution is -2.41. The average molecular weight is 264 g/mol. The first-order valence-electron chi connectivity index (χ1n) is 6.86. The third kappa shape index (κ3) is 4.31. The van der Waals surface area contributed by atoms with Crippen LogP contribution in [0.25, 0.3) is 0 Å². The van der Waals surface area contributed by atoms with Crippen molar-refractivity contribution < 1.29 is 9.18 Å². The predicted octanol–water partition coefficient (Wildman–Crippen LogP) is 1.83. The Hall–Kier alpha value is -1.42. The number of amides is 1. The number of carbonyl (C=O) groups is 1. The minimum Gasteiger partial charge on any atom is -0.355 e. The maximum absolute atomic E-state index is 12.7. The summed E-state index contributed by atoms with van der Waals surface area (Å²) < 4.78 is 12.7. The van der Waals surface area contributed by atoms with E-state index in [1.54, 1.807) is 12.1 Å². The molecule has 1 fully saturated rings. The number of rotatable bonds is 4. The first-order valence-corrected chi connectivity index (χ1v) is 6.86. The number of nitrogens with zero attached hydrogens (tertiary/aromatic N) is 1. The van der Waals surface area contributed by atoms with Gasteiger partial charge < -0.3 is 10.2 Å². The Kier molecular flexibility index (Phi) is 4.91. The van der Waals surface area contributed by atoms with Crippen molar-refractivity contribution >= 4 is 5.91 Å². The highest BCUT2D eigenvalue weighted by atomic mass is 19.1. The molecule has 1 aromatic carbocycles. The van der Waals surface area contributed by atoms with Crippen molar-refractivity contribution in [2.45, 2.75) is 19.3 Å². The minimum atomic E-state index is -0.224. The maximum atomic E-state index is 12.7. The third-order valence-electron chi connectivity index (χ3n) is 3.62. The second-order valence-corrected chi connectivity index (χ2v) is 5.27. The molecule has 2 rings (SSSR count). The Morgan fingerprint density at radius 1 is 1.42 bits per heavy atom. The molecule has 0 saturated carbocycles. The van der Waals surface area contributed by atoms with E-state index >= 15 is 0 Å². The smallest absolute Gasteiger partial charge is 0.224 e. The molecule has 0 bridgehead atoms. The standard InChI is InChI=1S/C15H21FN2O/c1-18-10-2-3-13(11-18)15(19)17-9-8-12-4-6-14(16)7-5-12/h4-7,13H,2-3,8-11H2,1H3,(H,17,19). The summed E-state index contributed by atoms with van der Waals surface area (Å²) in [6.07, 6.45) is 2.81. The van der Waals surface area contributed by atoms with E-state index in [1.807, 2.05) is 0 Å². The number of carbonyl (C=O) groups excluding carboxylic acids is 1. The number of piperidine rings is 1. The van der Waals surface area contributed by atoms with Gasteiger partial charge in [0.15, 0.2) is 0 Å². The summed E-state index contributed by atoms with van der Waals surface area (Å²) in [4.78, 5) is 14.2. The Morgan fingerprint density at radius 3 is 2.84 bits per heavy atom. The van der Waals surface area contributed by atoms with E-state index in [9.17, 15) is 9.18 Å². The van der Waals surface area contributed by atoms with Gasteiger partial charge in [-0.05, 0) is 50.6 Å². The van der Waals surface area contributed by atoms with Crippen LogP contribution in [0.1, 0.15) is 18.4 Å². The van der Waals surface area contributed by atoms with Gasteiger partial charge in [0.2, 0.25) is 5.91 Å². The van der Waals surface area contributed by atoms with Crippen molar-refractivity contribution in [2.24, 2.45) is 5.92 Å². The average Bonchev–Trinajstić information content (AvgIpc) is 2.41. The second-order valence-electron chi connectivity index (χ2n) is 5.27. The molecule has 3 nitrogen and oxygen atoms in total. The van der Waals surface area contributed by atoms with E-state index in [-0.39, 0.29) is 17.6 Å². The van der Waals surface area contributed by atoms with Crippen molar-refractivity contribution in [3.63, 3.8) is 0 Å². The van der Waals surface area contributed by atoms with Crippen LogP contribution in [-0.2, 0) is 11.2 Å². The maximum Gasteiger partial charge on any atom is 0.224 e.